The van der Waals surface area contributed by atoms with Crippen molar-refractivity contribution in [3.8, 4) is 0 Å². The molecule has 0 aliphatic rings. The van der Waals surface area contributed by atoms with Crippen LogP contribution in [-0.2, 0) is 0 Å². The van der Waals surface area contributed by atoms with Gasteiger partial charge in [-0.05, 0) is 105 Å². The predicted octanol–water partition coefficient (Wildman–Crippen LogP) is 9.49. The minimum Gasteiger partial charge on any atom is -0.0687 e. The van der Waals surface area contributed by atoms with E-state index in [2.05, 4.69) is 334 Å². The van der Waals surface area contributed by atoms with Gasteiger partial charge in [-0.3, -0.25) is 0 Å². The first-order chi connectivity index (χ1) is 28.9. The highest BCUT2D eigenvalue weighted by molar-refractivity contribution is 4.98. The van der Waals surface area contributed by atoms with Crippen molar-refractivity contribution in [2.24, 2.45) is 0 Å². The lowest BCUT2D eigenvalue weighted by Gasteiger charge is -1.41. The Morgan fingerprint density at radius 1 is 0.0862 bits per heavy atom. The van der Waals surface area contributed by atoms with Crippen LogP contribution in [0, 0.1) is 0 Å². The van der Waals surface area contributed by atoms with Gasteiger partial charge in [-0.15, -0.1) is 0 Å². The zero-order valence-electron chi connectivity index (χ0n) is 29.4. The first-order valence-electron chi connectivity index (χ1n) is 14.5. The van der Waals surface area contributed by atoms with Gasteiger partial charge in [-0.2, -0.15) is 0 Å². The van der Waals surface area contributed by atoms with E-state index in [1.54, 1.807) is 0 Å². The molecule has 0 aliphatic heterocycles. The average Bonchev–Trinajstić information content (AvgIpc) is 3.23. The molecule has 0 aromatic heterocycles. The summed E-state index contributed by atoms with van der Waals surface area (Å²) in [7, 11) is 0. The van der Waals surface area contributed by atoms with Gasteiger partial charge < -0.3 is 0 Å². The third-order valence-electron chi connectivity index (χ3n) is 3.49. The molecule has 0 aromatic carbocycles. The smallest absolute Gasteiger partial charge is 0 e. The summed E-state index contributed by atoms with van der Waals surface area (Å²) in [6.45, 7) is 6.63. The van der Waals surface area contributed by atoms with Crippen molar-refractivity contribution in [2.75, 3.05) is 0 Å². The van der Waals surface area contributed by atoms with Gasteiger partial charge in [0.2, 0.25) is 0 Å². The molecule has 0 bridgehead atoms. The molecule has 236 valence electrons. The molecule has 0 spiro atoms. The molecule has 0 radical (unpaired) electrons. The van der Waals surface area contributed by atoms with Crippen LogP contribution in [-0.4, -0.2) is 0 Å². The van der Waals surface area contributed by atoms with Crippen molar-refractivity contribution in [1.82, 2.24) is 0 Å². The van der Waals surface area contributed by atoms with Crippen molar-refractivity contribution in [2.45, 2.75) is 0 Å². The Morgan fingerprint density at radius 3 is 0.190 bits per heavy atom. The van der Waals surface area contributed by atoms with Gasteiger partial charge in [0.15, 0.2) is 0 Å². The molecule has 0 rings (SSSR count). The Hall–Kier alpha value is -12.6. The average molecular weight is 701 g/mol. The van der Waals surface area contributed by atoms with Crippen molar-refractivity contribution < 1.29 is 0 Å². The fourth-order valence-electron chi connectivity index (χ4n) is 1.71. The summed E-state index contributed by atoms with van der Waals surface area (Å²) in [5.74, 6) is 0. The Morgan fingerprint density at radius 2 is 0.138 bits per heavy atom. The van der Waals surface area contributed by atoms with Crippen LogP contribution in [0.2, 0.25) is 0 Å². The van der Waals surface area contributed by atoms with Gasteiger partial charge in [-0.1, -0.05) is 11.5 Å². The van der Waals surface area contributed by atoms with Gasteiger partial charge >= 0.3 is 0 Å². The van der Waals surface area contributed by atoms with Gasteiger partial charge in [-0.25, -0.2) is 0 Å². The molecule has 0 saturated heterocycles. The molecule has 0 aliphatic carbocycles. The summed E-state index contributed by atoms with van der Waals surface area (Å²) in [5, 5.41) is 0. The third-order valence-corrected chi connectivity index (χ3v) is 3.49. The molecule has 0 unspecified atom stereocenters. The fourth-order valence-corrected chi connectivity index (χ4v) is 1.71. The van der Waals surface area contributed by atoms with Crippen LogP contribution in [0.1, 0.15) is 0 Å². The van der Waals surface area contributed by atoms with Crippen molar-refractivity contribution >= 4 is 0 Å². The molecule has 0 saturated carbocycles. The first kappa shape index (κ1) is 45.4. The molecular weight excluding hydrogens is 697 g/mol. The SMILES string of the molecule is C=C=C=C=C=C=C=C=C=C=C=C=C=C=C=C=C=C=C=C=C=C=C=C=C=C=C=C=C=C=C=C=C=C=C=C=C=C=C=C=C=C=C=C=C=C=C=C=C=C=C=C=C=C=C=C=C=C. The van der Waals surface area contributed by atoms with Gasteiger partial charge in [0.05, 0.1) is 0 Å². The highest BCUT2D eigenvalue weighted by atomic mass is 13.5. The van der Waals surface area contributed by atoms with Crippen LogP contribution >= 0.6 is 0 Å². The maximum Gasteiger partial charge on any atom is 0 e. The normalized spacial score (nSPS) is 3.93. The Balaban J connectivity index is 6.11. The topological polar surface area (TPSA) is 0 Å². The summed E-state index contributed by atoms with van der Waals surface area (Å²) in [5.41, 5.74) is 139. The third kappa shape index (κ3) is 43.4. The second-order valence-electron chi connectivity index (χ2n) is 7.10. The van der Waals surface area contributed by atoms with Gasteiger partial charge in [0, 0.05) is 218 Å². The summed E-state index contributed by atoms with van der Waals surface area (Å²) in [4.78, 5) is 0. The Kier molecular flexibility index (Phi) is 34.8. The summed E-state index contributed by atoms with van der Waals surface area (Å²) < 4.78 is 0. The number of hydrogen-bond donors (Lipinski definition) is 0. The van der Waals surface area contributed by atoms with Crippen LogP contribution in [0.15, 0.2) is 334 Å². The number of hydrogen-bond acceptors (Lipinski definition) is 0. The van der Waals surface area contributed by atoms with E-state index in [-0.39, 0.29) is 0 Å². The maximum absolute atomic E-state index is 3.31. The van der Waals surface area contributed by atoms with E-state index in [1.165, 1.54) is 0 Å². The van der Waals surface area contributed by atoms with Crippen molar-refractivity contribution in [3.63, 3.8) is 0 Å². The summed E-state index contributed by atoms with van der Waals surface area (Å²) >= 11 is 0. The monoisotopic (exact) mass is 700 g/mol. The molecule has 0 heterocycles. The second kappa shape index (κ2) is 44.4. The van der Waals surface area contributed by atoms with Gasteiger partial charge in [0.25, 0.3) is 0 Å². The molecule has 0 heteroatoms. The Bertz CT molecular complexity index is 3840. The van der Waals surface area contributed by atoms with Crippen LogP contribution in [0.3, 0.4) is 0 Å². The molecule has 0 fully saturated rings. The second-order valence-corrected chi connectivity index (χ2v) is 7.10. The van der Waals surface area contributed by atoms with E-state index < -0.39 is 0 Å². The van der Waals surface area contributed by atoms with E-state index in [4.69, 9.17) is 0 Å². The molecule has 58 heavy (non-hydrogen) atoms. The number of rotatable bonds is 0. The lowest BCUT2D eigenvalue weighted by Crippen LogP contribution is -1.26. The molecular formula is C58H4. The largest absolute Gasteiger partial charge is 0.0687 e. The first-order valence-corrected chi connectivity index (χ1v) is 14.5. The van der Waals surface area contributed by atoms with E-state index in [0.29, 0.717) is 0 Å². The van der Waals surface area contributed by atoms with Crippen molar-refractivity contribution in [1.29, 1.82) is 0 Å². The fraction of sp³-hybridized carbons (Fsp3) is 0. The van der Waals surface area contributed by atoms with E-state index in [0.717, 1.165) is 0 Å². The van der Waals surface area contributed by atoms with E-state index >= 15 is 0 Å². The van der Waals surface area contributed by atoms with Crippen molar-refractivity contribution in [3.05, 3.63) is 334 Å². The molecule has 0 N–H and O–H groups in total. The van der Waals surface area contributed by atoms with Crippen LogP contribution in [0.25, 0.3) is 0 Å². The molecule has 0 aromatic rings. The van der Waals surface area contributed by atoms with Crippen LogP contribution < -0.4 is 0 Å². The highest BCUT2D eigenvalue weighted by Gasteiger charge is 1.46. The molecule has 0 amide bonds. The summed E-state index contributed by atoms with van der Waals surface area (Å²) in [6.07, 6.45) is 0. The standard InChI is InChI=1S/C58H4/c1-3-5-7-9-11-13-15-17-19-21-23-25-27-29-31-33-35-37-39-41-43-45-47-49-51-53-55-57-58-56-54-52-50-48-46-44-42-40-38-36-34-32-30-28-26-24-22-20-18-16-14-12-10-8-6-4-2/h1-2H2. The lowest BCUT2D eigenvalue weighted by atomic mass is 10.6. The molecule has 0 atom stereocenters. The molecule has 0 nitrogen and oxygen atoms in total. The van der Waals surface area contributed by atoms with Crippen LogP contribution in [0.5, 0.6) is 0 Å². The van der Waals surface area contributed by atoms with Gasteiger partial charge in [0.1, 0.15) is 0 Å². The lowest BCUT2D eigenvalue weighted by molar-refractivity contribution is 2.10. The predicted molar refractivity (Wildman–Crippen MR) is 208 cm³/mol. The van der Waals surface area contributed by atoms with E-state index in [9.17, 15) is 0 Å². The minimum absolute atomic E-state index is 2.37. The zero-order chi connectivity index (χ0) is 41.6. The minimum atomic E-state index is 2.37. The Labute approximate surface area is 332 Å². The maximum atomic E-state index is 3.31. The highest BCUT2D eigenvalue weighted by Crippen LogP contribution is 1.62. The van der Waals surface area contributed by atoms with E-state index in [1.807, 2.05) is 0 Å². The quantitative estimate of drug-likeness (QED) is 0.221. The summed E-state index contributed by atoms with van der Waals surface area (Å²) in [6, 6.07) is 0. The van der Waals surface area contributed by atoms with Crippen LogP contribution in [0.4, 0.5) is 0 Å². The zero-order valence-corrected chi connectivity index (χ0v) is 29.4.